The van der Waals surface area contributed by atoms with Crippen LogP contribution in [0, 0.1) is 12.3 Å². The van der Waals surface area contributed by atoms with Crippen molar-refractivity contribution < 1.29 is 19.4 Å². The topological polar surface area (TPSA) is 87.7 Å². The first kappa shape index (κ1) is 13.3. The highest BCUT2D eigenvalue weighted by Crippen LogP contribution is 2.10. The molecule has 17 heavy (non-hydrogen) atoms. The van der Waals surface area contributed by atoms with Crippen LogP contribution < -0.4 is 10.6 Å². The van der Waals surface area contributed by atoms with E-state index in [2.05, 4.69) is 16.6 Å². The Kier molecular flexibility index (Phi) is 5.30. The van der Waals surface area contributed by atoms with E-state index in [0.29, 0.717) is 13.2 Å². The van der Waals surface area contributed by atoms with Crippen molar-refractivity contribution in [3.05, 3.63) is 0 Å². The van der Waals surface area contributed by atoms with Gasteiger partial charge in [0.2, 0.25) is 0 Å². The third kappa shape index (κ3) is 4.74. The van der Waals surface area contributed by atoms with E-state index in [1.165, 1.54) is 0 Å². The lowest BCUT2D eigenvalue weighted by Crippen LogP contribution is -2.47. The fraction of sp³-hybridized carbons (Fsp3) is 0.636. The normalized spacial score (nSPS) is 20.3. The molecule has 0 saturated carbocycles. The highest BCUT2D eigenvalue weighted by atomic mass is 16.5. The van der Waals surface area contributed by atoms with E-state index in [-0.39, 0.29) is 12.5 Å². The monoisotopic (exact) mass is 240 g/mol. The maximum atomic E-state index is 11.4. The molecule has 1 heterocycles. The van der Waals surface area contributed by atoms with Crippen molar-refractivity contribution in [2.24, 2.45) is 0 Å². The van der Waals surface area contributed by atoms with Crippen LogP contribution in [0.1, 0.15) is 19.3 Å². The molecule has 1 rings (SSSR count). The number of carbonyl (C=O) groups excluding carboxylic acids is 1. The first-order chi connectivity index (χ1) is 8.13. The van der Waals surface area contributed by atoms with Crippen LogP contribution in [0.15, 0.2) is 0 Å². The molecule has 0 aromatic heterocycles. The van der Waals surface area contributed by atoms with Crippen LogP contribution in [-0.2, 0) is 9.53 Å². The lowest BCUT2D eigenvalue weighted by atomic mass is 10.2. The molecular weight excluding hydrogens is 224 g/mol. The molecule has 1 aliphatic heterocycles. The Balaban J connectivity index is 2.26. The van der Waals surface area contributed by atoms with Crippen molar-refractivity contribution in [1.29, 1.82) is 0 Å². The van der Waals surface area contributed by atoms with Crippen LogP contribution in [0.3, 0.4) is 0 Å². The Morgan fingerprint density at radius 1 is 1.59 bits per heavy atom. The van der Waals surface area contributed by atoms with Gasteiger partial charge < -0.3 is 20.5 Å². The molecule has 0 aliphatic carbocycles. The first-order valence-corrected chi connectivity index (χ1v) is 5.45. The van der Waals surface area contributed by atoms with Gasteiger partial charge in [0, 0.05) is 19.6 Å². The molecule has 3 N–H and O–H groups in total. The SMILES string of the molecule is C#CCC(NC(=O)NCC1CCCO1)C(=O)O. The summed E-state index contributed by atoms with van der Waals surface area (Å²) < 4.78 is 5.31. The van der Waals surface area contributed by atoms with Gasteiger partial charge in [0.1, 0.15) is 6.04 Å². The van der Waals surface area contributed by atoms with E-state index >= 15 is 0 Å². The number of hydrogen-bond donors (Lipinski definition) is 3. The highest BCUT2D eigenvalue weighted by molar-refractivity contribution is 5.82. The predicted octanol–water partition coefficient (Wildman–Crippen LogP) is -0.0589. The number of nitrogens with one attached hydrogen (secondary N) is 2. The highest BCUT2D eigenvalue weighted by Gasteiger charge is 2.20. The number of carbonyl (C=O) groups is 2. The lowest BCUT2D eigenvalue weighted by molar-refractivity contribution is -0.139. The second-order valence-corrected chi connectivity index (χ2v) is 3.79. The van der Waals surface area contributed by atoms with Crippen LogP contribution in [0.25, 0.3) is 0 Å². The average molecular weight is 240 g/mol. The number of hydrogen-bond acceptors (Lipinski definition) is 3. The molecule has 0 bridgehead atoms. The molecule has 0 spiro atoms. The molecule has 6 nitrogen and oxygen atoms in total. The summed E-state index contributed by atoms with van der Waals surface area (Å²) in [6.45, 7) is 1.09. The summed E-state index contributed by atoms with van der Waals surface area (Å²) in [5.41, 5.74) is 0. The van der Waals surface area contributed by atoms with Crippen molar-refractivity contribution in [3.63, 3.8) is 0 Å². The van der Waals surface area contributed by atoms with Crippen LogP contribution in [0.4, 0.5) is 4.79 Å². The molecule has 0 aromatic carbocycles. The van der Waals surface area contributed by atoms with E-state index in [1.54, 1.807) is 0 Å². The Hall–Kier alpha value is -1.74. The van der Waals surface area contributed by atoms with Gasteiger partial charge in [0.25, 0.3) is 0 Å². The van der Waals surface area contributed by atoms with E-state index in [4.69, 9.17) is 16.3 Å². The van der Waals surface area contributed by atoms with Gasteiger partial charge >= 0.3 is 12.0 Å². The molecule has 1 aliphatic rings. The number of rotatable bonds is 5. The van der Waals surface area contributed by atoms with Crippen LogP contribution >= 0.6 is 0 Å². The number of carboxylic acid groups (broad SMARTS) is 1. The summed E-state index contributed by atoms with van der Waals surface area (Å²) in [6, 6.07) is -1.59. The number of ether oxygens (including phenoxy) is 1. The summed E-state index contributed by atoms with van der Waals surface area (Å²) in [7, 11) is 0. The van der Waals surface area contributed by atoms with Crippen LogP contribution in [0.5, 0.6) is 0 Å². The molecule has 0 aromatic rings. The molecule has 2 unspecified atom stereocenters. The summed E-state index contributed by atoms with van der Waals surface area (Å²) in [5.74, 6) is 1.06. The van der Waals surface area contributed by atoms with Gasteiger partial charge in [-0.15, -0.1) is 12.3 Å². The van der Waals surface area contributed by atoms with Gasteiger partial charge in [-0.05, 0) is 12.8 Å². The van der Waals surface area contributed by atoms with E-state index in [0.717, 1.165) is 12.8 Å². The lowest BCUT2D eigenvalue weighted by Gasteiger charge is -2.14. The largest absolute Gasteiger partial charge is 0.480 e. The standard InChI is InChI=1S/C11H16N2O4/c1-2-4-9(10(14)15)13-11(16)12-7-8-5-3-6-17-8/h1,8-9H,3-7H2,(H,14,15)(H2,12,13,16). The van der Waals surface area contributed by atoms with Crippen molar-refractivity contribution in [1.82, 2.24) is 10.6 Å². The fourth-order valence-corrected chi connectivity index (χ4v) is 1.54. The Morgan fingerprint density at radius 2 is 2.35 bits per heavy atom. The number of carboxylic acids is 1. The molecule has 1 fully saturated rings. The van der Waals surface area contributed by atoms with Crippen LogP contribution in [-0.4, -0.2) is 42.4 Å². The Labute approximate surface area is 99.7 Å². The second kappa shape index (κ2) is 6.76. The fourth-order valence-electron chi connectivity index (χ4n) is 1.54. The third-order valence-corrected chi connectivity index (χ3v) is 2.44. The Morgan fingerprint density at radius 3 is 2.88 bits per heavy atom. The second-order valence-electron chi connectivity index (χ2n) is 3.79. The summed E-state index contributed by atoms with van der Waals surface area (Å²) in [5, 5.41) is 13.6. The van der Waals surface area contributed by atoms with Gasteiger partial charge in [0.15, 0.2) is 0 Å². The summed E-state index contributed by atoms with van der Waals surface area (Å²) >= 11 is 0. The van der Waals surface area contributed by atoms with Gasteiger partial charge in [-0.25, -0.2) is 9.59 Å². The van der Waals surface area contributed by atoms with Gasteiger partial charge in [-0.1, -0.05) is 0 Å². The van der Waals surface area contributed by atoms with Crippen molar-refractivity contribution >= 4 is 12.0 Å². The molecule has 6 heteroatoms. The van der Waals surface area contributed by atoms with Crippen molar-refractivity contribution in [2.75, 3.05) is 13.2 Å². The number of urea groups is 1. The molecule has 94 valence electrons. The van der Waals surface area contributed by atoms with Gasteiger partial charge in [-0.3, -0.25) is 0 Å². The molecule has 2 atom stereocenters. The third-order valence-electron chi connectivity index (χ3n) is 2.44. The van der Waals surface area contributed by atoms with E-state index in [9.17, 15) is 9.59 Å². The van der Waals surface area contributed by atoms with Crippen LogP contribution in [0.2, 0.25) is 0 Å². The zero-order valence-corrected chi connectivity index (χ0v) is 9.44. The minimum atomic E-state index is -1.14. The number of amides is 2. The first-order valence-electron chi connectivity index (χ1n) is 5.45. The average Bonchev–Trinajstić information content (AvgIpc) is 2.78. The zero-order valence-electron chi connectivity index (χ0n) is 9.44. The molecule has 1 saturated heterocycles. The van der Waals surface area contributed by atoms with Gasteiger partial charge in [0.05, 0.1) is 6.10 Å². The number of aliphatic carboxylic acids is 1. The summed E-state index contributed by atoms with van der Waals surface area (Å²) in [4.78, 5) is 22.1. The smallest absolute Gasteiger partial charge is 0.327 e. The number of terminal acetylenes is 1. The quantitative estimate of drug-likeness (QED) is 0.587. The van der Waals surface area contributed by atoms with E-state index < -0.39 is 18.0 Å². The Bertz CT molecular complexity index is 318. The van der Waals surface area contributed by atoms with E-state index in [1.807, 2.05) is 0 Å². The minimum absolute atomic E-state index is 0.0247. The molecular formula is C11H16N2O4. The maximum Gasteiger partial charge on any atom is 0.327 e. The minimum Gasteiger partial charge on any atom is -0.480 e. The molecule has 0 radical (unpaired) electrons. The summed E-state index contributed by atoms with van der Waals surface area (Å²) in [6.07, 6.45) is 6.90. The van der Waals surface area contributed by atoms with Crippen molar-refractivity contribution in [3.8, 4) is 12.3 Å². The predicted molar refractivity (Wildman–Crippen MR) is 60.4 cm³/mol. The van der Waals surface area contributed by atoms with Gasteiger partial charge in [-0.2, -0.15) is 0 Å². The zero-order chi connectivity index (χ0) is 12.7. The molecule has 2 amide bonds. The van der Waals surface area contributed by atoms with Crippen molar-refractivity contribution in [2.45, 2.75) is 31.4 Å². The maximum absolute atomic E-state index is 11.4.